The van der Waals surface area contributed by atoms with Crippen molar-refractivity contribution in [2.75, 3.05) is 18.7 Å². The van der Waals surface area contributed by atoms with E-state index in [-0.39, 0.29) is 6.79 Å². The fraction of sp³-hybridized carbons (Fsp3) is 0.190. The highest BCUT2D eigenvalue weighted by molar-refractivity contribution is 7.09. The molecule has 0 saturated heterocycles. The number of fused-ring (bicyclic) bond motifs is 1. The summed E-state index contributed by atoms with van der Waals surface area (Å²) >= 11 is 1.56. The Bertz CT molecular complexity index is 1060. The van der Waals surface area contributed by atoms with Gasteiger partial charge in [-0.25, -0.2) is 9.78 Å². The molecule has 9 heteroatoms. The number of amides is 1. The quantitative estimate of drug-likeness (QED) is 0.577. The summed E-state index contributed by atoms with van der Waals surface area (Å²) in [6, 6.07) is 11.5. The van der Waals surface area contributed by atoms with Crippen molar-refractivity contribution in [3.63, 3.8) is 0 Å². The van der Waals surface area contributed by atoms with Crippen molar-refractivity contribution < 1.29 is 28.5 Å². The number of ether oxygens (including phenoxy) is 4. The molecule has 0 unspecified atom stereocenters. The predicted molar refractivity (Wildman–Crippen MR) is 109 cm³/mol. The first-order chi connectivity index (χ1) is 14.6. The van der Waals surface area contributed by atoms with Gasteiger partial charge in [-0.05, 0) is 43.3 Å². The highest BCUT2D eigenvalue weighted by atomic mass is 32.1. The molecule has 30 heavy (non-hydrogen) atoms. The molecule has 3 aromatic rings. The summed E-state index contributed by atoms with van der Waals surface area (Å²) in [6.07, 6.45) is 0. The number of aryl methyl sites for hydroxylation is 1. The number of benzene rings is 2. The van der Waals surface area contributed by atoms with Crippen molar-refractivity contribution in [3.8, 4) is 17.2 Å². The van der Waals surface area contributed by atoms with Crippen molar-refractivity contribution >= 4 is 28.9 Å². The summed E-state index contributed by atoms with van der Waals surface area (Å²) in [7, 11) is 0. The molecule has 8 nitrogen and oxygen atoms in total. The number of esters is 1. The van der Waals surface area contributed by atoms with Crippen molar-refractivity contribution in [2.24, 2.45) is 0 Å². The number of nitrogens with one attached hydrogen (secondary N) is 1. The van der Waals surface area contributed by atoms with Gasteiger partial charge in [0.1, 0.15) is 12.4 Å². The standard InChI is InChI=1S/C21H18N2O6S/c1-13-22-16(11-30-13)9-26-17-5-2-14(3-6-17)21(25)27-10-20(24)23-15-4-7-18-19(8-15)29-12-28-18/h2-8,11H,9-10,12H2,1H3,(H,23,24). The first-order valence-corrected chi connectivity index (χ1v) is 9.95. The monoisotopic (exact) mass is 426 g/mol. The number of rotatable bonds is 7. The largest absolute Gasteiger partial charge is 0.487 e. The van der Waals surface area contributed by atoms with Crippen molar-refractivity contribution in [3.05, 3.63) is 64.1 Å². The average molecular weight is 426 g/mol. The minimum absolute atomic E-state index is 0.152. The molecular formula is C21H18N2O6S. The van der Waals surface area contributed by atoms with Crippen LogP contribution in [-0.2, 0) is 16.1 Å². The van der Waals surface area contributed by atoms with Gasteiger partial charge in [-0.2, -0.15) is 0 Å². The van der Waals surface area contributed by atoms with E-state index in [2.05, 4.69) is 10.3 Å². The van der Waals surface area contributed by atoms with E-state index in [1.165, 1.54) is 0 Å². The molecule has 154 valence electrons. The zero-order valence-corrected chi connectivity index (χ0v) is 16.9. The lowest BCUT2D eigenvalue weighted by Crippen LogP contribution is -2.20. The molecule has 0 atom stereocenters. The third-order valence-corrected chi connectivity index (χ3v) is 4.96. The number of thiazole rings is 1. The minimum atomic E-state index is -0.600. The van der Waals surface area contributed by atoms with E-state index in [4.69, 9.17) is 18.9 Å². The Kier molecular flexibility index (Phi) is 5.80. The third-order valence-electron chi connectivity index (χ3n) is 4.13. The molecule has 2 heterocycles. The molecule has 4 rings (SSSR count). The molecule has 2 aromatic carbocycles. The smallest absolute Gasteiger partial charge is 0.338 e. The highest BCUT2D eigenvalue weighted by Crippen LogP contribution is 2.34. The van der Waals surface area contributed by atoms with Crippen LogP contribution in [0.4, 0.5) is 5.69 Å². The molecule has 0 spiro atoms. The molecule has 1 aliphatic rings. The van der Waals surface area contributed by atoms with Gasteiger partial charge in [-0.1, -0.05) is 0 Å². The minimum Gasteiger partial charge on any atom is -0.487 e. The fourth-order valence-corrected chi connectivity index (χ4v) is 3.30. The normalized spacial score (nSPS) is 11.8. The molecule has 1 N–H and O–H groups in total. The SMILES string of the molecule is Cc1nc(COc2ccc(C(=O)OCC(=O)Nc3ccc4c(c3)OCO4)cc2)cs1. The molecule has 0 aliphatic carbocycles. The zero-order chi connectivity index (χ0) is 20.9. The molecule has 1 aliphatic heterocycles. The molecule has 1 amide bonds. The number of carbonyl (C=O) groups excluding carboxylic acids is 2. The van der Waals surface area contributed by atoms with Crippen LogP contribution in [0.15, 0.2) is 47.8 Å². The first kappa shape index (κ1) is 19.7. The second-order valence-electron chi connectivity index (χ2n) is 6.36. The highest BCUT2D eigenvalue weighted by Gasteiger charge is 2.15. The third kappa shape index (κ3) is 4.87. The summed E-state index contributed by atoms with van der Waals surface area (Å²) in [5.74, 6) is 0.724. The van der Waals surface area contributed by atoms with E-state index in [1.807, 2.05) is 12.3 Å². The van der Waals surface area contributed by atoms with Gasteiger partial charge >= 0.3 is 5.97 Å². The van der Waals surface area contributed by atoms with Gasteiger partial charge in [0.2, 0.25) is 6.79 Å². The van der Waals surface area contributed by atoms with Crippen LogP contribution in [0.25, 0.3) is 0 Å². The number of anilines is 1. The van der Waals surface area contributed by atoms with E-state index in [1.54, 1.807) is 53.8 Å². The lowest BCUT2D eigenvalue weighted by atomic mass is 10.2. The summed E-state index contributed by atoms with van der Waals surface area (Å²) in [6.45, 7) is 2.03. The topological polar surface area (TPSA) is 96.0 Å². The summed E-state index contributed by atoms with van der Waals surface area (Å²) in [5, 5.41) is 5.57. The van der Waals surface area contributed by atoms with Gasteiger partial charge in [-0.3, -0.25) is 4.79 Å². The van der Waals surface area contributed by atoms with Crippen LogP contribution in [-0.4, -0.2) is 30.3 Å². The van der Waals surface area contributed by atoms with E-state index in [0.29, 0.717) is 35.1 Å². The van der Waals surface area contributed by atoms with Crippen molar-refractivity contribution in [2.45, 2.75) is 13.5 Å². The van der Waals surface area contributed by atoms with E-state index >= 15 is 0 Å². The summed E-state index contributed by atoms with van der Waals surface area (Å²) in [4.78, 5) is 28.5. The maximum absolute atomic E-state index is 12.2. The van der Waals surface area contributed by atoms with E-state index in [0.717, 1.165) is 10.7 Å². The maximum Gasteiger partial charge on any atom is 0.338 e. The van der Waals surface area contributed by atoms with E-state index in [9.17, 15) is 9.59 Å². The zero-order valence-electron chi connectivity index (χ0n) is 16.0. The lowest BCUT2D eigenvalue weighted by molar-refractivity contribution is -0.119. The Hall–Kier alpha value is -3.59. The molecule has 1 aromatic heterocycles. The van der Waals surface area contributed by atoms with Gasteiger partial charge < -0.3 is 24.3 Å². The molecule has 0 fully saturated rings. The Balaban J connectivity index is 1.24. The van der Waals surface area contributed by atoms with Crippen LogP contribution in [0.1, 0.15) is 21.1 Å². The second-order valence-corrected chi connectivity index (χ2v) is 7.43. The van der Waals surface area contributed by atoms with Crippen LogP contribution < -0.4 is 19.5 Å². The molecule has 0 radical (unpaired) electrons. The van der Waals surface area contributed by atoms with Gasteiger partial charge in [0.15, 0.2) is 18.1 Å². The maximum atomic E-state index is 12.2. The Morgan fingerprint density at radius 2 is 1.93 bits per heavy atom. The van der Waals surface area contributed by atoms with E-state index < -0.39 is 18.5 Å². The second kappa shape index (κ2) is 8.83. The number of nitrogens with zero attached hydrogens (tertiary/aromatic N) is 1. The van der Waals surface area contributed by atoms with Crippen LogP contribution in [0.5, 0.6) is 17.2 Å². The molecule has 0 saturated carbocycles. The van der Waals surface area contributed by atoms with Crippen LogP contribution in [0.2, 0.25) is 0 Å². The fourth-order valence-electron chi connectivity index (χ4n) is 2.70. The Labute approximate surface area is 176 Å². The van der Waals surface area contributed by atoms with Gasteiger partial charge in [0.05, 0.1) is 16.3 Å². The predicted octanol–water partition coefficient (Wildman–Crippen LogP) is 3.55. The average Bonchev–Trinajstić information content (AvgIpc) is 3.39. The number of hydrogen-bond donors (Lipinski definition) is 1. The summed E-state index contributed by atoms with van der Waals surface area (Å²) < 4.78 is 21.2. The number of carbonyl (C=O) groups is 2. The van der Waals surface area contributed by atoms with Gasteiger partial charge in [0, 0.05) is 17.1 Å². The van der Waals surface area contributed by atoms with Crippen LogP contribution in [0.3, 0.4) is 0 Å². The first-order valence-electron chi connectivity index (χ1n) is 9.07. The van der Waals surface area contributed by atoms with Crippen molar-refractivity contribution in [1.29, 1.82) is 0 Å². The lowest BCUT2D eigenvalue weighted by Gasteiger charge is -2.08. The van der Waals surface area contributed by atoms with Gasteiger partial charge in [0.25, 0.3) is 5.91 Å². The number of hydrogen-bond acceptors (Lipinski definition) is 8. The number of aromatic nitrogens is 1. The summed E-state index contributed by atoms with van der Waals surface area (Å²) in [5.41, 5.74) is 1.70. The van der Waals surface area contributed by atoms with Crippen LogP contribution in [0, 0.1) is 6.92 Å². The van der Waals surface area contributed by atoms with Crippen LogP contribution >= 0.6 is 11.3 Å². The van der Waals surface area contributed by atoms with Gasteiger partial charge in [-0.15, -0.1) is 11.3 Å². The Morgan fingerprint density at radius 1 is 1.13 bits per heavy atom. The molecular weight excluding hydrogens is 408 g/mol. The Morgan fingerprint density at radius 3 is 2.70 bits per heavy atom. The van der Waals surface area contributed by atoms with Crippen molar-refractivity contribution in [1.82, 2.24) is 4.98 Å². The molecule has 0 bridgehead atoms.